The molecule has 1 aliphatic carbocycles. The summed E-state index contributed by atoms with van der Waals surface area (Å²) in [5, 5.41) is 10.9. The summed E-state index contributed by atoms with van der Waals surface area (Å²) in [6.07, 6.45) is 5.78. The second kappa shape index (κ2) is 9.71. The Morgan fingerprint density at radius 2 is 1.96 bits per heavy atom. The van der Waals surface area contributed by atoms with E-state index < -0.39 is 0 Å². The van der Waals surface area contributed by atoms with Gasteiger partial charge in [0.05, 0.1) is 13.2 Å². The summed E-state index contributed by atoms with van der Waals surface area (Å²) in [6.45, 7) is 7.49. The van der Waals surface area contributed by atoms with E-state index >= 15 is 0 Å². The Kier molecular flexibility index (Phi) is 7.57. The summed E-state index contributed by atoms with van der Waals surface area (Å²) >= 11 is 6.09. The van der Waals surface area contributed by atoms with E-state index in [-0.39, 0.29) is 24.4 Å². The van der Waals surface area contributed by atoms with Gasteiger partial charge in [0.2, 0.25) is 0 Å². The topological polar surface area (TPSA) is 41.9 Å². The van der Waals surface area contributed by atoms with Gasteiger partial charge in [0.1, 0.15) is 0 Å². The number of rotatable bonds is 9. The SMILES string of the molecule is CCOC(C)OCC1CCCN(CC2(c3ccc(Cl)cc3)CCC2)C1CO. The van der Waals surface area contributed by atoms with Gasteiger partial charge in [-0.2, -0.15) is 0 Å². The highest BCUT2D eigenvalue weighted by Gasteiger charge is 2.43. The molecule has 1 aromatic rings. The first kappa shape index (κ1) is 21.1. The van der Waals surface area contributed by atoms with Gasteiger partial charge in [-0.1, -0.05) is 30.2 Å². The van der Waals surface area contributed by atoms with Gasteiger partial charge in [-0.05, 0) is 63.8 Å². The minimum Gasteiger partial charge on any atom is -0.395 e. The van der Waals surface area contributed by atoms with Gasteiger partial charge < -0.3 is 14.6 Å². The van der Waals surface area contributed by atoms with E-state index in [0.29, 0.717) is 19.1 Å². The van der Waals surface area contributed by atoms with Crippen LogP contribution in [0.25, 0.3) is 0 Å². The molecule has 3 rings (SSSR count). The van der Waals surface area contributed by atoms with Gasteiger partial charge in [0.15, 0.2) is 6.29 Å². The number of piperidine rings is 1. The van der Waals surface area contributed by atoms with Gasteiger partial charge in [0, 0.05) is 35.5 Å². The van der Waals surface area contributed by atoms with Gasteiger partial charge in [-0.15, -0.1) is 0 Å². The lowest BCUT2D eigenvalue weighted by Crippen LogP contribution is -2.55. The Bertz CT molecular complexity index is 575. The highest BCUT2D eigenvalue weighted by atomic mass is 35.5. The molecule has 0 amide bonds. The molecule has 152 valence electrons. The predicted molar refractivity (Wildman–Crippen MR) is 109 cm³/mol. The lowest BCUT2D eigenvalue weighted by atomic mass is 9.63. The minimum atomic E-state index is -0.184. The molecule has 1 saturated carbocycles. The van der Waals surface area contributed by atoms with Crippen LogP contribution in [0.5, 0.6) is 0 Å². The molecular weight excluding hydrogens is 362 g/mol. The number of likely N-dealkylation sites (tertiary alicyclic amines) is 1. The van der Waals surface area contributed by atoms with Crippen molar-refractivity contribution in [3.8, 4) is 0 Å². The van der Waals surface area contributed by atoms with E-state index in [1.807, 2.05) is 26.0 Å². The van der Waals surface area contributed by atoms with Crippen LogP contribution in [0.15, 0.2) is 24.3 Å². The van der Waals surface area contributed by atoms with E-state index in [1.165, 1.54) is 24.8 Å². The van der Waals surface area contributed by atoms with E-state index in [0.717, 1.165) is 31.0 Å². The number of hydrogen-bond donors (Lipinski definition) is 1. The van der Waals surface area contributed by atoms with Crippen molar-refractivity contribution in [3.05, 3.63) is 34.9 Å². The molecule has 2 aliphatic rings. The van der Waals surface area contributed by atoms with Gasteiger partial charge in [0.25, 0.3) is 0 Å². The fraction of sp³-hybridized carbons (Fsp3) is 0.727. The molecular formula is C22H34ClNO3. The zero-order chi connectivity index (χ0) is 19.3. The molecule has 1 aromatic carbocycles. The Labute approximate surface area is 168 Å². The van der Waals surface area contributed by atoms with E-state index in [2.05, 4.69) is 17.0 Å². The number of nitrogens with zero attached hydrogens (tertiary/aromatic N) is 1. The molecule has 1 N–H and O–H groups in total. The number of halogens is 1. The zero-order valence-electron chi connectivity index (χ0n) is 16.7. The number of aliphatic hydroxyl groups is 1. The molecule has 3 unspecified atom stereocenters. The van der Waals surface area contributed by atoms with Gasteiger partial charge in [-0.3, -0.25) is 4.90 Å². The van der Waals surface area contributed by atoms with Crippen LogP contribution in [0.4, 0.5) is 0 Å². The molecule has 5 heteroatoms. The summed E-state index contributed by atoms with van der Waals surface area (Å²) in [7, 11) is 0. The van der Waals surface area contributed by atoms with Crippen molar-refractivity contribution in [2.45, 2.75) is 63.7 Å². The van der Waals surface area contributed by atoms with Crippen molar-refractivity contribution < 1.29 is 14.6 Å². The fourth-order valence-electron chi connectivity index (χ4n) is 4.74. The molecule has 0 radical (unpaired) electrons. The predicted octanol–water partition coefficient (Wildman–Crippen LogP) is 4.23. The lowest BCUT2D eigenvalue weighted by Gasteiger charge is -2.50. The minimum absolute atomic E-state index is 0.164. The van der Waals surface area contributed by atoms with Gasteiger partial charge >= 0.3 is 0 Å². The van der Waals surface area contributed by atoms with Crippen molar-refractivity contribution in [2.24, 2.45) is 5.92 Å². The molecule has 0 bridgehead atoms. The molecule has 0 aromatic heterocycles. The van der Waals surface area contributed by atoms with Crippen LogP contribution in [0.2, 0.25) is 5.02 Å². The normalized spacial score (nSPS) is 26.5. The third-order valence-corrected chi connectivity index (χ3v) is 6.69. The number of ether oxygens (including phenoxy) is 2. The second-order valence-corrected chi connectivity index (χ2v) is 8.56. The Balaban J connectivity index is 1.66. The van der Waals surface area contributed by atoms with Crippen LogP contribution >= 0.6 is 11.6 Å². The smallest absolute Gasteiger partial charge is 0.154 e. The highest BCUT2D eigenvalue weighted by molar-refractivity contribution is 6.30. The van der Waals surface area contributed by atoms with Crippen LogP contribution in [-0.2, 0) is 14.9 Å². The maximum Gasteiger partial charge on any atom is 0.154 e. The molecule has 4 nitrogen and oxygen atoms in total. The first-order valence-electron chi connectivity index (χ1n) is 10.4. The first-order valence-corrected chi connectivity index (χ1v) is 10.8. The summed E-state index contributed by atoms with van der Waals surface area (Å²) in [5.41, 5.74) is 1.59. The largest absolute Gasteiger partial charge is 0.395 e. The number of hydrogen-bond acceptors (Lipinski definition) is 4. The van der Waals surface area contributed by atoms with Crippen LogP contribution in [0, 0.1) is 5.92 Å². The maximum atomic E-state index is 10.1. The monoisotopic (exact) mass is 395 g/mol. The average molecular weight is 396 g/mol. The third kappa shape index (κ3) is 5.04. The average Bonchev–Trinajstić information content (AvgIpc) is 2.64. The van der Waals surface area contributed by atoms with Crippen molar-refractivity contribution in [1.29, 1.82) is 0 Å². The lowest BCUT2D eigenvalue weighted by molar-refractivity contribution is -0.145. The number of aliphatic hydroxyl groups excluding tert-OH is 1. The van der Waals surface area contributed by atoms with Crippen molar-refractivity contribution in [2.75, 3.05) is 32.9 Å². The number of benzene rings is 1. The Morgan fingerprint density at radius 1 is 1.22 bits per heavy atom. The molecule has 3 atom stereocenters. The van der Waals surface area contributed by atoms with Crippen molar-refractivity contribution in [1.82, 2.24) is 4.90 Å². The second-order valence-electron chi connectivity index (χ2n) is 8.12. The van der Waals surface area contributed by atoms with E-state index in [9.17, 15) is 5.11 Å². The maximum absolute atomic E-state index is 10.1. The summed E-state index contributed by atoms with van der Waals surface area (Å²) < 4.78 is 11.4. The standard InChI is InChI=1S/C22H34ClNO3/c1-3-26-17(2)27-15-18-6-4-13-24(21(18)14-25)16-22(11-5-12-22)19-7-9-20(23)10-8-19/h7-10,17-18,21,25H,3-6,11-16H2,1-2H3. The van der Waals surface area contributed by atoms with Crippen molar-refractivity contribution >= 4 is 11.6 Å². The quantitative estimate of drug-likeness (QED) is 0.635. The van der Waals surface area contributed by atoms with Crippen LogP contribution in [-0.4, -0.2) is 55.2 Å². The third-order valence-electron chi connectivity index (χ3n) is 6.44. The highest BCUT2D eigenvalue weighted by Crippen LogP contribution is 2.45. The van der Waals surface area contributed by atoms with E-state index in [4.69, 9.17) is 21.1 Å². The fourth-order valence-corrected chi connectivity index (χ4v) is 4.87. The summed E-state index contributed by atoms with van der Waals surface area (Å²) in [5.74, 6) is 0.356. The Hall–Kier alpha value is -0.650. The van der Waals surface area contributed by atoms with Crippen LogP contribution in [0.1, 0.15) is 51.5 Å². The molecule has 27 heavy (non-hydrogen) atoms. The molecule has 1 aliphatic heterocycles. The Morgan fingerprint density at radius 3 is 2.56 bits per heavy atom. The van der Waals surface area contributed by atoms with Crippen LogP contribution in [0.3, 0.4) is 0 Å². The van der Waals surface area contributed by atoms with Gasteiger partial charge in [-0.25, -0.2) is 0 Å². The zero-order valence-corrected chi connectivity index (χ0v) is 17.5. The van der Waals surface area contributed by atoms with Crippen molar-refractivity contribution in [3.63, 3.8) is 0 Å². The molecule has 1 saturated heterocycles. The summed E-state index contributed by atoms with van der Waals surface area (Å²) in [4.78, 5) is 2.51. The van der Waals surface area contributed by atoms with Crippen LogP contribution < -0.4 is 0 Å². The first-order chi connectivity index (χ1) is 13.1. The molecule has 2 fully saturated rings. The molecule has 1 heterocycles. The summed E-state index contributed by atoms with van der Waals surface area (Å²) in [6, 6.07) is 8.54. The van der Waals surface area contributed by atoms with E-state index in [1.54, 1.807) is 0 Å². The molecule has 0 spiro atoms.